The third kappa shape index (κ3) is 37.4. The maximum absolute atomic E-state index is 12.8. The summed E-state index contributed by atoms with van der Waals surface area (Å²) < 4.78 is 23.6. The molecule has 0 aromatic carbocycles. The number of carbonyl (C=O) groups is 1. The van der Waals surface area contributed by atoms with Crippen LogP contribution >= 0.6 is 7.82 Å². The zero-order valence-corrected chi connectivity index (χ0v) is 35.3. The number of hydrogen-bond acceptors (Lipinski definition) is 5. The molecule has 51 heavy (non-hydrogen) atoms. The van der Waals surface area contributed by atoms with E-state index < -0.39 is 20.0 Å². The maximum atomic E-state index is 12.8. The lowest BCUT2D eigenvalue weighted by molar-refractivity contribution is -0.870. The molecule has 3 atom stereocenters. The molecule has 0 radical (unpaired) electrons. The summed E-state index contributed by atoms with van der Waals surface area (Å²) in [6, 6.07) is -0.759. The Kier molecular flexibility index (Phi) is 34.5. The van der Waals surface area contributed by atoms with E-state index >= 15 is 0 Å². The van der Waals surface area contributed by atoms with E-state index in [1.54, 1.807) is 0 Å². The van der Waals surface area contributed by atoms with Crippen LogP contribution in [0.2, 0.25) is 0 Å². The molecule has 0 rings (SSSR count). The Morgan fingerprint density at radius 3 is 1.51 bits per heavy atom. The molecule has 0 aromatic rings. The summed E-state index contributed by atoms with van der Waals surface area (Å²) in [5.74, 6) is -0.153. The van der Waals surface area contributed by atoms with E-state index in [0.717, 1.165) is 51.4 Å². The number of nitrogens with zero attached hydrogens (tertiary/aromatic N) is 1. The Morgan fingerprint density at radius 2 is 1.06 bits per heavy atom. The number of quaternary nitrogens is 1. The molecule has 1 amide bonds. The van der Waals surface area contributed by atoms with E-state index in [1.807, 2.05) is 21.1 Å². The van der Waals surface area contributed by atoms with Crippen molar-refractivity contribution in [2.45, 2.75) is 212 Å². The van der Waals surface area contributed by atoms with Crippen LogP contribution in [0.5, 0.6) is 0 Å². The lowest BCUT2D eigenvalue weighted by atomic mass is 10.0. The normalized spacial score (nSPS) is 14.6. The maximum Gasteiger partial charge on any atom is 0.472 e. The Bertz CT molecular complexity index is 850. The minimum Gasteiger partial charge on any atom is -0.391 e. The molecule has 0 heterocycles. The zero-order valence-electron chi connectivity index (χ0n) is 34.4. The molecule has 0 saturated carbocycles. The van der Waals surface area contributed by atoms with Crippen LogP contribution in [0, 0.1) is 0 Å². The van der Waals surface area contributed by atoms with Gasteiger partial charge in [0.25, 0.3) is 0 Å². The van der Waals surface area contributed by atoms with Crippen LogP contribution in [0.1, 0.15) is 200 Å². The number of nitrogens with one attached hydrogen (secondary N) is 1. The minimum atomic E-state index is -4.31. The minimum absolute atomic E-state index is 0.0746. The number of amides is 1. The number of rotatable bonds is 39. The number of aliphatic hydroxyl groups is 1. The Balaban J connectivity index is 4.34. The quantitative estimate of drug-likeness (QED) is 0.0250. The molecule has 0 fully saturated rings. The standard InChI is InChI=1S/C42H85N2O6P/c1-6-8-10-12-14-16-18-19-20-21-22-23-24-26-28-30-32-34-36-42(46)43-40(39-50-51(47,48)49-38-37-44(3,4)5)41(45)35-33-31-29-27-25-17-15-13-11-9-7-2/h22-23,40-41,45H,6-21,24-39H2,1-5H3,(H-,43,46,47,48)/p+1/b23-22-. The van der Waals surface area contributed by atoms with Crippen molar-refractivity contribution in [3.8, 4) is 0 Å². The highest BCUT2D eigenvalue weighted by atomic mass is 31.2. The number of likely N-dealkylation sites (N-methyl/N-ethyl adjacent to an activating group) is 1. The number of allylic oxidation sites excluding steroid dienone is 2. The van der Waals surface area contributed by atoms with Gasteiger partial charge in [0, 0.05) is 6.42 Å². The second-order valence-corrected chi connectivity index (χ2v) is 17.5. The van der Waals surface area contributed by atoms with Gasteiger partial charge in [-0.25, -0.2) is 4.57 Å². The monoisotopic (exact) mass is 746 g/mol. The van der Waals surface area contributed by atoms with Gasteiger partial charge in [-0.3, -0.25) is 13.8 Å². The van der Waals surface area contributed by atoms with Gasteiger partial charge >= 0.3 is 7.82 Å². The number of phosphoric ester groups is 1. The van der Waals surface area contributed by atoms with Gasteiger partial charge in [0.1, 0.15) is 13.2 Å². The van der Waals surface area contributed by atoms with Crippen molar-refractivity contribution < 1.29 is 32.9 Å². The summed E-state index contributed by atoms with van der Waals surface area (Å²) >= 11 is 0. The fraction of sp³-hybridized carbons (Fsp3) is 0.929. The molecule has 3 unspecified atom stereocenters. The van der Waals surface area contributed by atoms with Gasteiger partial charge in [0.05, 0.1) is 39.9 Å². The van der Waals surface area contributed by atoms with Crippen molar-refractivity contribution in [2.24, 2.45) is 0 Å². The van der Waals surface area contributed by atoms with Crippen LogP contribution < -0.4 is 5.32 Å². The molecular weight excluding hydrogens is 659 g/mol. The summed E-state index contributed by atoms with van der Waals surface area (Å²) in [6.45, 7) is 4.87. The Labute approximate surface area is 316 Å². The predicted molar refractivity (Wildman–Crippen MR) is 217 cm³/mol. The van der Waals surface area contributed by atoms with E-state index in [0.29, 0.717) is 23.9 Å². The molecule has 0 spiro atoms. The van der Waals surface area contributed by atoms with Crippen LogP contribution in [0.15, 0.2) is 12.2 Å². The molecular formula is C42H86N2O6P+. The SMILES string of the molecule is CCCCCCCCCCC/C=C\CCCCCCCC(=O)NC(COP(=O)(O)OCC[N+](C)(C)C)C(O)CCCCCCCCCCCCC. The first-order valence-electron chi connectivity index (χ1n) is 21.6. The highest BCUT2D eigenvalue weighted by Crippen LogP contribution is 2.43. The largest absolute Gasteiger partial charge is 0.472 e. The molecule has 0 saturated heterocycles. The topological polar surface area (TPSA) is 105 Å². The first-order chi connectivity index (χ1) is 24.5. The van der Waals surface area contributed by atoms with Crippen molar-refractivity contribution in [1.82, 2.24) is 5.32 Å². The first-order valence-corrected chi connectivity index (χ1v) is 23.0. The van der Waals surface area contributed by atoms with Crippen LogP contribution in [0.25, 0.3) is 0 Å². The lowest BCUT2D eigenvalue weighted by Crippen LogP contribution is -2.46. The van der Waals surface area contributed by atoms with Crippen LogP contribution in [-0.2, 0) is 18.4 Å². The van der Waals surface area contributed by atoms with Crippen LogP contribution in [0.3, 0.4) is 0 Å². The van der Waals surface area contributed by atoms with Crippen LogP contribution in [0.4, 0.5) is 0 Å². The smallest absolute Gasteiger partial charge is 0.391 e. The van der Waals surface area contributed by atoms with E-state index in [9.17, 15) is 19.4 Å². The molecule has 0 aliphatic rings. The molecule has 3 N–H and O–H groups in total. The third-order valence-corrected chi connectivity index (χ3v) is 10.7. The highest BCUT2D eigenvalue weighted by molar-refractivity contribution is 7.47. The third-order valence-electron chi connectivity index (χ3n) is 9.76. The van der Waals surface area contributed by atoms with Gasteiger partial charge in [-0.15, -0.1) is 0 Å². The first kappa shape index (κ1) is 50.2. The fourth-order valence-electron chi connectivity index (χ4n) is 6.28. The summed E-state index contributed by atoms with van der Waals surface area (Å²) in [7, 11) is 1.61. The van der Waals surface area contributed by atoms with Gasteiger partial charge in [-0.1, -0.05) is 167 Å². The fourth-order valence-corrected chi connectivity index (χ4v) is 7.01. The van der Waals surface area contributed by atoms with Crippen molar-refractivity contribution in [2.75, 3.05) is 40.9 Å². The van der Waals surface area contributed by atoms with Gasteiger partial charge in [-0.2, -0.15) is 0 Å². The molecule has 0 aliphatic heterocycles. The summed E-state index contributed by atoms with van der Waals surface area (Å²) in [4.78, 5) is 23.1. The molecule has 8 nitrogen and oxygen atoms in total. The predicted octanol–water partition coefficient (Wildman–Crippen LogP) is 11.6. The van der Waals surface area contributed by atoms with Crippen molar-refractivity contribution in [3.63, 3.8) is 0 Å². The molecule has 0 aromatic heterocycles. The summed E-state index contributed by atoms with van der Waals surface area (Å²) in [5, 5.41) is 13.9. The number of phosphoric acid groups is 1. The molecule has 0 aliphatic carbocycles. The summed E-state index contributed by atoms with van der Waals surface area (Å²) in [6.07, 6.45) is 38.0. The lowest BCUT2D eigenvalue weighted by Gasteiger charge is -2.26. The van der Waals surface area contributed by atoms with Gasteiger partial charge < -0.3 is 19.8 Å². The van der Waals surface area contributed by atoms with E-state index in [1.165, 1.54) is 122 Å². The van der Waals surface area contributed by atoms with Crippen LogP contribution in [-0.4, -0.2) is 73.4 Å². The van der Waals surface area contributed by atoms with Crippen molar-refractivity contribution in [1.29, 1.82) is 0 Å². The highest BCUT2D eigenvalue weighted by Gasteiger charge is 2.28. The van der Waals surface area contributed by atoms with Gasteiger partial charge in [-0.05, 0) is 38.5 Å². The number of aliphatic hydroxyl groups excluding tert-OH is 1. The number of hydrogen-bond donors (Lipinski definition) is 3. The molecule has 9 heteroatoms. The Hall–Kier alpha value is -0.760. The van der Waals surface area contributed by atoms with E-state index in [2.05, 4.69) is 31.3 Å². The average Bonchev–Trinajstić information content (AvgIpc) is 3.07. The summed E-state index contributed by atoms with van der Waals surface area (Å²) in [5.41, 5.74) is 0. The van der Waals surface area contributed by atoms with E-state index in [4.69, 9.17) is 9.05 Å². The second-order valence-electron chi connectivity index (χ2n) is 16.1. The molecule has 304 valence electrons. The molecule has 0 bridgehead atoms. The zero-order chi connectivity index (χ0) is 37.9. The number of carbonyl (C=O) groups excluding carboxylic acids is 1. The second kappa shape index (κ2) is 35.0. The Morgan fingerprint density at radius 1 is 0.647 bits per heavy atom. The van der Waals surface area contributed by atoms with Crippen molar-refractivity contribution in [3.05, 3.63) is 12.2 Å². The number of unbranched alkanes of at least 4 members (excludes halogenated alkanes) is 24. The van der Waals surface area contributed by atoms with Gasteiger partial charge in [0.15, 0.2) is 0 Å². The van der Waals surface area contributed by atoms with Gasteiger partial charge in [0.2, 0.25) is 5.91 Å². The average molecular weight is 746 g/mol. The van der Waals surface area contributed by atoms with Crippen molar-refractivity contribution >= 4 is 13.7 Å². The van der Waals surface area contributed by atoms with E-state index in [-0.39, 0.29) is 19.1 Å².